The van der Waals surface area contributed by atoms with Crippen molar-refractivity contribution in [3.63, 3.8) is 0 Å². The van der Waals surface area contributed by atoms with Crippen molar-refractivity contribution in [1.29, 1.82) is 0 Å². The summed E-state index contributed by atoms with van der Waals surface area (Å²) in [6, 6.07) is 25.8. The molecule has 140 valence electrons. The number of fused-ring (bicyclic) bond motifs is 2. The summed E-state index contributed by atoms with van der Waals surface area (Å²) in [5.41, 5.74) is 3.64. The summed E-state index contributed by atoms with van der Waals surface area (Å²) in [4.78, 5) is 22.6. The van der Waals surface area contributed by atoms with Crippen LogP contribution in [0.3, 0.4) is 0 Å². The van der Waals surface area contributed by atoms with Crippen molar-refractivity contribution in [2.45, 2.75) is 6.42 Å². The number of pyridine rings is 1. The van der Waals surface area contributed by atoms with Crippen molar-refractivity contribution in [2.24, 2.45) is 0 Å². The highest BCUT2D eigenvalue weighted by atomic mass is 32.1. The largest absolute Gasteiger partial charge is 0.326 e. The van der Waals surface area contributed by atoms with E-state index in [0.717, 1.165) is 42.9 Å². The molecule has 0 aliphatic rings. The molecule has 2 heterocycles. The van der Waals surface area contributed by atoms with E-state index in [0.29, 0.717) is 6.42 Å². The molecule has 0 unspecified atom stereocenters. The van der Waals surface area contributed by atoms with Gasteiger partial charge in [-0.1, -0.05) is 65.9 Å². The summed E-state index contributed by atoms with van der Waals surface area (Å²) in [5.74, 6) is -0.0375. The molecule has 29 heavy (non-hydrogen) atoms. The Hall–Kier alpha value is -3.57. The average molecular weight is 395 g/mol. The second kappa shape index (κ2) is 7.45. The molecular formula is C24H17N3OS. The van der Waals surface area contributed by atoms with Crippen LogP contribution in [0, 0.1) is 0 Å². The fourth-order valence-electron chi connectivity index (χ4n) is 3.45. The first-order valence-corrected chi connectivity index (χ1v) is 10.2. The average Bonchev–Trinajstić information content (AvgIpc) is 3.19. The van der Waals surface area contributed by atoms with Gasteiger partial charge in [0.15, 0.2) is 0 Å². The van der Waals surface area contributed by atoms with Crippen LogP contribution in [0.15, 0.2) is 85.1 Å². The Morgan fingerprint density at radius 3 is 2.72 bits per heavy atom. The number of thiazole rings is 1. The van der Waals surface area contributed by atoms with Gasteiger partial charge in [0.25, 0.3) is 0 Å². The molecule has 0 saturated carbocycles. The number of carbonyl (C=O) groups excluding carboxylic acids is 1. The quantitative estimate of drug-likeness (QED) is 0.425. The molecule has 4 nitrogen and oxygen atoms in total. The number of aromatic nitrogens is 2. The normalized spacial score (nSPS) is 11.0. The van der Waals surface area contributed by atoms with Crippen LogP contribution in [0.5, 0.6) is 0 Å². The van der Waals surface area contributed by atoms with E-state index in [1.165, 1.54) is 0 Å². The molecule has 0 fully saturated rings. The number of nitrogens with zero attached hydrogens (tertiary/aromatic N) is 2. The summed E-state index contributed by atoms with van der Waals surface area (Å²) in [6.07, 6.45) is 2.10. The first-order chi connectivity index (χ1) is 14.3. The number of hydrogen-bond donors (Lipinski definition) is 1. The fourth-order valence-corrected chi connectivity index (χ4v) is 4.35. The highest BCUT2D eigenvalue weighted by molar-refractivity contribution is 7.21. The Balaban J connectivity index is 1.38. The van der Waals surface area contributed by atoms with Crippen molar-refractivity contribution in [2.75, 3.05) is 5.32 Å². The maximum absolute atomic E-state index is 12.7. The molecule has 5 aromatic rings. The highest BCUT2D eigenvalue weighted by Crippen LogP contribution is 2.30. The first-order valence-electron chi connectivity index (χ1n) is 9.35. The topological polar surface area (TPSA) is 54.9 Å². The molecule has 0 atom stereocenters. The second-order valence-electron chi connectivity index (χ2n) is 6.79. The Morgan fingerprint density at radius 1 is 0.931 bits per heavy atom. The van der Waals surface area contributed by atoms with Gasteiger partial charge in [-0.2, -0.15) is 0 Å². The summed E-state index contributed by atoms with van der Waals surface area (Å²) >= 11 is 1.55. The van der Waals surface area contributed by atoms with E-state index in [2.05, 4.69) is 33.5 Å². The molecule has 0 spiro atoms. The molecule has 1 amide bonds. The third-order valence-electron chi connectivity index (χ3n) is 4.79. The molecule has 0 saturated heterocycles. The Bertz CT molecular complexity index is 1300. The van der Waals surface area contributed by atoms with Crippen molar-refractivity contribution in [1.82, 2.24) is 9.97 Å². The van der Waals surface area contributed by atoms with Crippen molar-refractivity contribution in [3.8, 4) is 10.6 Å². The smallest absolute Gasteiger partial charge is 0.228 e. The van der Waals surface area contributed by atoms with Gasteiger partial charge in [0.1, 0.15) is 15.4 Å². The number of carbonyl (C=O) groups is 1. The third kappa shape index (κ3) is 3.60. The molecule has 3 aromatic carbocycles. The molecule has 1 N–H and O–H groups in total. The van der Waals surface area contributed by atoms with Gasteiger partial charge in [0.2, 0.25) is 5.91 Å². The standard InChI is InChI=1S/C24H17N3OS/c28-22(15-17-8-3-7-16-6-1-2-11-20(16)17)26-19-10-4-9-18(14-19)23-27-21-12-5-13-25-24(21)29-23/h1-14H,15H2,(H,26,28). The molecular weight excluding hydrogens is 378 g/mol. The predicted octanol–water partition coefficient (Wildman–Crippen LogP) is 5.69. The minimum atomic E-state index is -0.0375. The van der Waals surface area contributed by atoms with E-state index < -0.39 is 0 Å². The Morgan fingerprint density at radius 2 is 1.79 bits per heavy atom. The second-order valence-corrected chi connectivity index (χ2v) is 7.77. The molecule has 2 aromatic heterocycles. The van der Waals surface area contributed by atoms with Gasteiger partial charge in [-0.15, -0.1) is 0 Å². The van der Waals surface area contributed by atoms with Gasteiger partial charge >= 0.3 is 0 Å². The maximum atomic E-state index is 12.7. The van der Waals surface area contributed by atoms with Crippen LogP contribution in [-0.4, -0.2) is 15.9 Å². The summed E-state index contributed by atoms with van der Waals surface area (Å²) < 4.78 is 0. The summed E-state index contributed by atoms with van der Waals surface area (Å²) in [5, 5.41) is 6.17. The van der Waals surface area contributed by atoms with Crippen LogP contribution in [0.1, 0.15) is 5.56 Å². The van der Waals surface area contributed by atoms with Crippen molar-refractivity contribution in [3.05, 3.63) is 90.6 Å². The summed E-state index contributed by atoms with van der Waals surface area (Å²) in [6.45, 7) is 0. The molecule has 0 aliphatic heterocycles. The zero-order valence-corrected chi connectivity index (χ0v) is 16.3. The van der Waals surface area contributed by atoms with E-state index in [1.54, 1.807) is 17.5 Å². The minimum Gasteiger partial charge on any atom is -0.326 e. The lowest BCUT2D eigenvalue weighted by Crippen LogP contribution is -2.14. The molecule has 5 heteroatoms. The van der Waals surface area contributed by atoms with Crippen LogP contribution >= 0.6 is 11.3 Å². The van der Waals surface area contributed by atoms with Gasteiger partial charge in [-0.25, -0.2) is 9.97 Å². The molecule has 0 radical (unpaired) electrons. The minimum absolute atomic E-state index is 0.0375. The number of hydrogen-bond acceptors (Lipinski definition) is 4. The Kier molecular flexibility index (Phi) is 4.50. The highest BCUT2D eigenvalue weighted by Gasteiger charge is 2.10. The SMILES string of the molecule is O=C(Cc1cccc2ccccc12)Nc1cccc(-c2nc3cccnc3s2)c1. The van der Waals surface area contributed by atoms with E-state index in [4.69, 9.17) is 0 Å². The third-order valence-corrected chi connectivity index (χ3v) is 5.82. The monoisotopic (exact) mass is 395 g/mol. The molecule has 5 rings (SSSR count). The molecule has 0 aliphatic carbocycles. The van der Waals surface area contributed by atoms with E-state index in [1.807, 2.05) is 60.7 Å². The lowest BCUT2D eigenvalue weighted by molar-refractivity contribution is -0.115. The summed E-state index contributed by atoms with van der Waals surface area (Å²) in [7, 11) is 0. The van der Waals surface area contributed by atoms with Gasteiger partial charge < -0.3 is 5.32 Å². The van der Waals surface area contributed by atoms with Gasteiger partial charge in [0, 0.05) is 17.4 Å². The van der Waals surface area contributed by atoms with Gasteiger partial charge in [-0.05, 0) is 40.6 Å². The maximum Gasteiger partial charge on any atom is 0.228 e. The zero-order valence-electron chi connectivity index (χ0n) is 15.5. The zero-order chi connectivity index (χ0) is 19.6. The predicted molar refractivity (Wildman–Crippen MR) is 119 cm³/mol. The van der Waals surface area contributed by atoms with Gasteiger partial charge in [0.05, 0.1) is 6.42 Å². The molecule has 0 bridgehead atoms. The van der Waals surface area contributed by atoms with Crippen LogP contribution in [0.25, 0.3) is 31.7 Å². The van der Waals surface area contributed by atoms with Crippen LogP contribution in [0.4, 0.5) is 5.69 Å². The number of benzene rings is 3. The van der Waals surface area contributed by atoms with Crippen molar-refractivity contribution >= 4 is 44.1 Å². The number of rotatable bonds is 4. The van der Waals surface area contributed by atoms with E-state index in [-0.39, 0.29) is 5.91 Å². The van der Waals surface area contributed by atoms with E-state index >= 15 is 0 Å². The number of nitrogens with one attached hydrogen (secondary N) is 1. The van der Waals surface area contributed by atoms with E-state index in [9.17, 15) is 4.79 Å². The van der Waals surface area contributed by atoms with Crippen LogP contribution in [-0.2, 0) is 11.2 Å². The fraction of sp³-hybridized carbons (Fsp3) is 0.0417. The lowest BCUT2D eigenvalue weighted by atomic mass is 10.0. The number of amides is 1. The number of anilines is 1. The van der Waals surface area contributed by atoms with Crippen LogP contribution in [0.2, 0.25) is 0 Å². The first kappa shape index (κ1) is 17.5. The van der Waals surface area contributed by atoms with Crippen molar-refractivity contribution < 1.29 is 4.79 Å². The van der Waals surface area contributed by atoms with Gasteiger partial charge in [-0.3, -0.25) is 4.79 Å². The lowest BCUT2D eigenvalue weighted by Gasteiger charge is -2.09. The Labute approximate surface area is 171 Å². The van der Waals surface area contributed by atoms with Crippen LogP contribution < -0.4 is 5.32 Å².